The number of nitrogens with two attached hydrogens (primary N) is 1. The molecule has 0 aromatic heterocycles. The quantitative estimate of drug-likeness (QED) is 0.831. The average molecular weight is 290 g/mol. The smallest absolute Gasteiger partial charge is 0.119 e. The van der Waals surface area contributed by atoms with E-state index < -0.39 is 0 Å². The molecule has 1 fully saturated rings. The van der Waals surface area contributed by atoms with Crippen molar-refractivity contribution in [3.63, 3.8) is 0 Å². The number of hydrogen-bond acceptors (Lipinski definition) is 3. The van der Waals surface area contributed by atoms with E-state index in [1.807, 2.05) is 6.07 Å². The number of ether oxygens (including phenoxy) is 1. The molecule has 1 aromatic carbocycles. The summed E-state index contributed by atoms with van der Waals surface area (Å²) in [6.07, 6.45) is 4.81. The Bertz CT molecular complexity index is 435. The largest absolute Gasteiger partial charge is 0.494 e. The van der Waals surface area contributed by atoms with Crippen LogP contribution in [0.15, 0.2) is 24.3 Å². The molecule has 0 radical (unpaired) electrons. The zero-order valence-electron chi connectivity index (χ0n) is 13.7. The highest BCUT2D eigenvalue weighted by Gasteiger charge is 2.34. The van der Waals surface area contributed by atoms with E-state index in [4.69, 9.17) is 10.5 Å². The van der Waals surface area contributed by atoms with Gasteiger partial charge in [-0.2, -0.15) is 0 Å². The van der Waals surface area contributed by atoms with Crippen molar-refractivity contribution in [2.75, 3.05) is 13.2 Å². The topological polar surface area (TPSA) is 38.5 Å². The Morgan fingerprint density at radius 3 is 2.81 bits per heavy atom. The van der Waals surface area contributed by atoms with Crippen molar-refractivity contribution in [3.8, 4) is 5.75 Å². The molecule has 0 bridgehead atoms. The Hall–Kier alpha value is -1.06. The molecule has 3 atom stereocenters. The SMILES string of the molecule is CCCOc1cccc(C(CN)N2C(C)CCC2CC)c1. The second-order valence-electron chi connectivity index (χ2n) is 6.11. The lowest BCUT2D eigenvalue weighted by Gasteiger charge is -2.36. The monoisotopic (exact) mass is 290 g/mol. The van der Waals surface area contributed by atoms with Gasteiger partial charge in [-0.15, -0.1) is 0 Å². The summed E-state index contributed by atoms with van der Waals surface area (Å²) in [4.78, 5) is 2.62. The summed E-state index contributed by atoms with van der Waals surface area (Å²) in [5.74, 6) is 0.965. The predicted molar refractivity (Wildman–Crippen MR) is 88.6 cm³/mol. The van der Waals surface area contributed by atoms with Gasteiger partial charge in [0, 0.05) is 24.7 Å². The minimum absolute atomic E-state index is 0.303. The molecule has 118 valence electrons. The van der Waals surface area contributed by atoms with Crippen molar-refractivity contribution in [3.05, 3.63) is 29.8 Å². The van der Waals surface area contributed by atoms with E-state index in [1.54, 1.807) is 0 Å². The maximum atomic E-state index is 6.13. The molecule has 0 spiro atoms. The Kier molecular flexibility index (Phi) is 6.07. The first-order valence-corrected chi connectivity index (χ1v) is 8.41. The molecule has 0 amide bonds. The Balaban J connectivity index is 2.20. The molecule has 1 aliphatic rings. The lowest BCUT2D eigenvalue weighted by atomic mass is 10.0. The van der Waals surface area contributed by atoms with Gasteiger partial charge < -0.3 is 10.5 Å². The molecule has 2 N–H and O–H groups in total. The van der Waals surface area contributed by atoms with Gasteiger partial charge in [-0.3, -0.25) is 4.90 Å². The van der Waals surface area contributed by atoms with E-state index in [9.17, 15) is 0 Å². The minimum Gasteiger partial charge on any atom is -0.494 e. The van der Waals surface area contributed by atoms with E-state index in [-0.39, 0.29) is 0 Å². The van der Waals surface area contributed by atoms with Crippen molar-refractivity contribution in [1.82, 2.24) is 4.90 Å². The molecule has 1 saturated heterocycles. The summed E-state index contributed by atoms with van der Waals surface area (Å²) < 4.78 is 5.77. The normalized spacial score (nSPS) is 24.2. The van der Waals surface area contributed by atoms with E-state index in [2.05, 4.69) is 43.9 Å². The van der Waals surface area contributed by atoms with Gasteiger partial charge in [0.25, 0.3) is 0 Å². The third-order valence-corrected chi connectivity index (χ3v) is 4.62. The standard InChI is InChI=1S/C18H30N2O/c1-4-11-21-17-8-6-7-15(12-17)18(13-19)20-14(3)9-10-16(20)5-2/h6-8,12,14,16,18H,4-5,9-11,13,19H2,1-3H3. The van der Waals surface area contributed by atoms with Crippen LogP contribution in [0.4, 0.5) is 0 Å². The summed E-state index contributed by atoms with van der Waals surface area (Å²) >= 11 is 0. The minimum atomic E-state index is 0.303. The van der Waals surface area contributed by atoms with Crippen molar-refractivity contribution in [2.45, 2.75) is 64.6 Å². The van der Waals surface area contributed by atoms with Crippen LogP contribution in [-0.2, 0) is 0 Å². The highest BCUT2D eigenvalue weighted by molar-refractivity contribution is 5.31. The maximum absolute atomic E-state index is 6.13. The Morgan fingerprint density at radius 2 is 2.14 bits per heavy atom. The van der Waals surface area contributed by atoms with Crippen molar-refractivity contribution < 1.29 is 4.74 Å². The van der Waals surface area contributed by atoms with Crippen molar-refractivity contribution in [1.29, 1.82) is 0 Å². The Morgan fingerprint density at radius 1 is 1.33 bits per heavy atom. The number of rotatable bonds is 7. The first-order chi connectivity index (χ1) is 10.2. The van der Waals surface area contributed by atoms with Crippen LogP contribution in [0, 0.1) is 0 Å². The van der Waals surface area contributed by atoms with Crippen LogP contribution in [0.3, 0.4) is 0 Å². The lowest BCUT2D eigenvalue weighted by molar-refractivity contribution is 0.136. The second kappa shape index (κ2) is 7.81. The fourth-order valence-electron chi connectivity index (χ4n) is 3.53. The van der Waals surface area contributed by atoms with Crippen LogP contribution >= 0.6 is 0 Å². The van der Waals surface area contributed by atoms with E-state index in [0.29, 0.717) is 24.7 Å². The fraction of sp³-hybridized carbons (Fsp3) is 0.667. The van der Waals surface area contributed by atoms with Crippen LogP contribution in [-0.4, -0.2) is 30.1 Å². The van der Waals surface area contributed by atoms with Gasteiger partial charge in [-0.25, -0.2) is 0 Å². The predicted octanol–water partition coefficient (Wildman–Crippen LogP) is 3.74. The highest BCUT2D eigenvalue weighted by atomic mass is 16.5. The van der Waals surface area contributed by atoms with Gasteiger partial charge in [0.2, 0.25) is 0 Å². The Labute approximate surface area is 129 Å². The molecule has 3 unspecified atom stereocenters. The third-order valence-electron chi connectivity index (χ3n) is 4.62. The van der Waals surface area contributed by atoms with Crippen molar-refractivity contribution >= 4 is 0 Å². The molecule has 0 aliphatic carbocycles. The summed E-state index contributed by atoms with van der Waals surface area (Å²) in [6, 6.07) is 10.1. The molecule has 1 aromatic rings. The molecular formula is C18H30N2O. The summed E-state index contributed by atoms with van der Waals surface area (Å²) in [5.41, 5.74) is 7.42. The molecule has 1 heterocycles. The van der Waals surface area contributed by atoms with E-state index in [0.717, 1.165) is 18.8 Å². The number of benzene rings is 1. The van der Waals surface area contributed by atoms with Gasteiger partial charge >= 0.3 is 0 Å². The first kappa shape index (κ1) is 16.3. The van der Waals surface area contributed by atoms with Gasteiger partial charge in [0.05, 0.1) is 6.61 Å². The van der Waals surface area contributed by atoms with Crippen molar-refractivity contribution in [2.24, 2.45) is 5.73 Å². The fourth-order valence-corrected chi connectivity index (χ4v) is 3.53. The zero-order chi connectivity index (χ0) is 15.2. The number of likely N-dealkylation sites (tertiary alicyclic amines) is 1. The molecular weight excluding hydrogens is 260 g/mol. The van der Waals surface area contributed by atoms with Crippen LogP contribution in [0.5, 0.6) is 5.75 Å². The van der Waals surface area contributed by atoms with E-state index >= 15 is 0 Å². The zero-order valence-corrected chi connectivity index (χ0v) is 13.7. The first-order valence-electron chi connectivity index (χ1n) is 8.41. The number of nitrogens with zero attached hydrogens (tertiary/aromatic N) is 1. The summed E-state index contributed by atoms with van der Waals surface area (Å²) in [6.45, 7) is 8.18. The third kappa shape index (κ3) is 3.78. The molecule has 21 heavy (non-hydrogen) atoms. The molecule has 3 nitrogen and oxygen atoms in total. The van der Waals surface area contributed by atoms with Crippen LogP contribution in [0.2, 0.25) is 0 Å². The molecule has 1 aliphatic heterocycles. The molecule has 0 saturated carbocycles. The molecule has 2 rings (SSSR count). The highest BCUT2D eigenvalue weighted by Crippen LogP contribution is 2.35. The summed E-state index contributed by atoms with van der Waals surface area (Å²) in [7, 11) is 0. The van der Waals surface area contributed by atoms with Crippen LogP contribution in [0.1, 0.15) is 58.1 Å². The van der Waals surface area contributed by atoms with E-state index in [1.165, 1.54) is 24.8 Å². The number of hydrogen-bond donors (Lipinski definition) is 1. The summed E-state index contributed by atoms with van der Waals surface area (Å²) in [5, 5.41) is 0. The van der Waals surface area contributed by atoms with Crippen LogP contribution in [0.25, 0.3) is 0 Å². The maximum Gasteiger partial charge on any atom is 0.119 e. The van der Waals surface area contributed by atoms with Gasteiger partial charge in [-0.1, -0.05) is 26.0 Å². The van der Waals surface area contributed by atoms with Gasteiger partial charge in [0.1, 0.15) is 5.75 Å². The lowest BCUT2D eigenvalue weighted by Crippen LogP contribution is -2.41. The molecule has 3 heteroatoms. The van der Waals surface area contributed by atoms with Gasteiger partial charge in [-0.05, 0) is 50.3 Å². The second-order valence-corrected chi connectivity index (χ2v) is 6.11. The van der Waals surface area contributed by atoms with Crippen LogP contribution < -0.4 is 10.5 Å². The average Bonchev–Trinajstić information content (AvgIpc) is 2.88. The van der Waals surface area contributed by atoms with Gasteiger partial charge in [0.15, 0.2) is 0 Å².